The maximum absolute atomic E-state index is 12.2. The number of aliphatic imine (C=N–C) groups is 1. The Kier molecular flexibility index (Phi) is 10.5. The van der Waals surface area contributed by atoms with Gasteiger partial charge in [-0.05, 0) is 42.6 Å². The predicted octanol–water partition coefficient (Wildman–Crippen LogP) is 4.10. The highest BCUT2D eigenvalue weighted by Crippen LogP contribution is 2.17. The van der Waals surface area contributed by atoms with Gasteiger partial charge in [-0.15, -0.1) is 24.0 Å². The van der Waals surface area contributed by atoms with Crippen LogP contribution in [-0.4, -0.2) is 48.8 Å². The van der Waals surface area contributed by atoms with E-state index in [0.29, 0.717) is 19.0 Å². The fraction of sp³-hybridized carbons (Fsp3) is 0.455. The molecule has 0 unspecified atom stereocenters. The molecule has 0 atom stereocenters. The third-order valence-corrected chi connectivity index (χ3v) is 4.95. The lowest BCUT2D eigenvalue weighted by molar-refractivity contribution is -0.154. The van der Waals surface area contributed by atoms with Crippen molar-refractivity contribution in [3.05, 3.63) is 59.3 Å². The van der Waals surface area contributed by atoms with Gasteiger partial charge in [0.05, 0.1) is 0 Å². The molecular formula is C22H29F3IN5O. The Labute approximate surface area is 203 Å². The van der Waals surface area contributed by atoms with E-state index in [2.05, 4.69) is 54.5 Å². The molecule has 0 radical (unpaired) electrons. The van der Waals surface area contributed by atoms with Crippen molar-refractivity contribution >= 4 is 29.9 Å². The second kappa shape index (κ2) is 12.8. The number of halogens is 4. The van der Waals surface area contributed by atoms with Crippen molar-refractivity contribution in [1.29, 1.82) is 0 Å². The maximum atomic E-state index is 12.2. The molecule has 6 nitrogen and oxygen atoms in total. The number of pyridine rings is 1. The van der Waals surface area contributed by atoms with Crippen molar-refractivity contribution in [3.63, 3.8) is 0 Å². The van der Waals surface area contributed by atoms with Crippen molar-refractivity contribution in [2.75, 3.05) is 26.7 Å². The Balaban J connectivity index is 0.00000363. The average molecular weight is 563 g/mol. The van der Waals surface area contributed by atoms with Crippen LogP contribution >= 0.6 is 24.0 Å². The molecule has 1 aromatic carbocycles. The summed E-state index contributed by atoms with van der Waals surface area (Å²) < 4.78 is 41.2. The number of alkyl halides is 3. The van der Waals surface area contributed by atoms with Gasteiger partial charge in [-0.1, -0.05) is 30.3 Å². The van der Waals surface area contributed by atoms with Crippen LogP contribution < -0.4 is 15.4 Å². The summed E-state index contributed by atoms with van der Waals surface area (Å²) in [6.45, 7) is 3.08. The molecule has 3 rings (SSSR count). The van der Waals surface area contributed by atoms with E-state index < -0.39 is 12.8 Å². The molecule has 2 heterocycles. The van der Waals surface area contributed by atoms with Crippen LogP contribution in [0.25, 0.3) is 0 Å². The van der Waals surface area contributed by atoms with E-state index >= 15 is 0 Å². The van der Waals surface area contributed by atoms with E-state index in [4.69, 9.17) is 0 Å². The number of likely N-dealkylation sites (tertiary alicyclic amines) is 1. The number of guanidine groups is 1. The van der Waals surface area contributed by atoms with Crippen molar-refractivity contribution in [3.8, 4) is 5.88 Å². The number of nitrogens with zero attached hydrogens (tertiary/aromatic N) is 3. The fourth-order valence-corrected chi connectivity index (χ4v) is 3.31. The third kappa shape index (κ3) is 9.19. The van der Waals surface area contributed by atoms with Gasteiger partial charge in [-0.3, -0.25) is 9.89 Å². The van der Waals surface area contributed by atoms with Crippen LogP contribution in [0.4, 0.5) is 13.2 Å². The monoisotopic (exact) mass is 563 g/mol. The summed E-state index contributed by atoms with van der Waals surface area (Å²) in [5, 5.41) is 6.42. The Morgan fingerprint density at radius 1 is 1.00 bits per heavy atom. The third-order valence-electron chi connectivity index (χ3n) is 4.95. The van der Waals surface area contributed by atoms with Gasteiger partial charge in [0.2, 0.25) is 5.88 Å². The average Bonchev–Trinajstić information content (AvgIpc) is 3.27. The molecule has 10 heteroatoms. The number of hydrogen-bond acceptors (Lipinski definition) is 4. The number of hydrogen-bond donors (Lipinski definition) is 2. The number of nitrogens with one attached hydrogen (secondary N) is 2. The van der Waals surface area contributed by atoms with E-state index in [1.54, 1.807) is 13.1 Å². The molecule has 32 heavy (non-hydrogen) atoms. The predicted molar refractivity (Wildman–Crippen MR) is 129 cm³/mol. The second-order valence-electron chi connectivity index (χ2n) is 7.49. The summed E-state index contributed by atoms with van der Waals surface area (Å²) in [5.41, 5.74) is 3.28. The fourth-order valence-electron chi connectivity index (χ4n) is 3.31. The van der Waals surface area contributed by atoms with Crippen LogP contribution in [-0.2, 0) is 19.6 Å². The summed E-state index contributed by atoms with van der Waals surface area (Å²) in [6.07, 6.45) is -0.320. The van der Waals surface area contributed by atoms with E-state index in [9.17, 15) is 13.2 Å². The van der Waals surface area contributed by atoms with E-state index in [1.165, 1.54) is 43.8 Å². The van der Waals surface area contributed by atoms with Crippen LogP contribution in [0.3, 0.4) is 0 Å². The number of rotatable bonds is 8. The van der Waals surface area contributed by atoms with Crippen LogP contribution in [0.2, 0.25) is 0 Å². The zero-order valence-corrected chi connectivity index (χ0v) is 20.3. The molecule has 2 aromatic rings. The van der Waals surface area contributed by atoms with Crippen molar-refractivity contribution < 1.29 is 17.9 Å². The summed E-state index contributed by atoms with van der Waals surface area (Å²) in [5.74, 6) is 0.565. The topological polar surface area (TPSA) is 61.8 Å². The zero-order chi connectivity index (χ0) is 22.1. The minimum atomic E-state index is -4.38. The van der Waals surface area contributed by atoms with Gasteiger partial charge in [-0.25, -0.2) is 4.98 Å². The van der Waals surface area contributed by atoms with E-state index in [0.717, 1.165) is 17.7 Å². The van der Waals surface area contributed by atoms with E-state index in [-0.39, 0.29) is 29.9 Å². The lowest BCUT2D eigenvalue weighted by atomic mass is 10.1. The molecule has 1 aliphatic rings. The standard InChI is InChI=1S/C22H28F3N5O.HI/c1-26-21(29-14-19-8-9-20(27-13-19)31-16-22(23,24)25)28-12-17-4-6-18(7-5-17)15-30-10-2-3-11-30;/h4-9,13H,2-3,10-12,14-16H2,1H3,(H2,26,28,29);1H. The van der Waals surface area contributed by atoms with Crippen LogP contribution in [0.1, 0.15) is 29.5 Å². The molecule has 2 N–H and O–H groups in total. The lowest BCUT2D eigenvalue weighted by Crippen LogP contribution is -2.36. The molecular weight excluding hydrogens is 534 g/mol. The normalized spacial score (nSPS) is 14.7. The van der Waals surface area contributed by atoms with Gasteiger partial charge in [0.25, 0.3) is 0 Å². The highest BCUT2D eigenvalue weighted by Gasteiger charge is 2.28. The summed E-state index contributed by atoms with van der Waals surface area (Å²) in [4.78, 5) is 10.6. The van der Waals surface area contributed by atoms with Crippen molar-refractivity contribution in [2.24, 2.45) is 4.99 Å². The lowest BCUT2D eigenvalue weighted by Gasteiger charge is -2.15. The van der Waals surface area contributed by atoms with Crippen molar-refractivity contribution in [2.45, 2.75) is 38.7 Å². The summed E-state index contributed by atoms with van der Waals surface area (Å²) >= 11 is 0. The molecule has 1 aromatic heterocycles. The molecule has 0 spiro atoms. The van der Waals surface area contributed by atoms with Crippen LogP contribution in [0, 0.1) is 0 Å². The first kappa shape index (κ1) is 26.2. The SMILES string of the molecule is CN=C(NCc1ccc(CN2CCCC2)cc1)NCc1ccc(OCC(F)(F)F)nc1.I. The molecule has 1 aliphatic heterocycles. The Morgan fingerprint density at radius 3 is 2.16 bits per heavy atom. The smallest absolute Gasteiger partial charge is 0.422 e. The Hall–Kier alpha value is -2.08. The summed E-state index contributed by atoms with van der Waals surface area (Å²) in [7, 11) is 1.68. The van der Waals surface area contributed by atoms with Gasteiger partial charge in [-0.2, -0.15) is 13.2 Å². The molecule has 0 saturated carbocycles. The Morgan fingerprint density at radius 2 is 1.59 bits per heavy atom. The van der Waals surface area contributed by atoms with Gasteiger partial charge < -0.3 is 15.4 Å². The second-order valence-corrected chi connectivity index (χ2v) is 7.49. The largest absolute Gasteiger partial charge is 0.468 e. The van der Waals surface area contributed by atoms with E-state index in [1.807, 2.05) is 0 Å². The van der Waals surface area contributed by atoms with Crippen LogP contribution in [0.15, 0.2) is 47.6 Å². The zero-order valence-electron chi connectivity index (χ0n) is 18.0. The first-order valence-electron chi connectivity index (χ1n) is 10.3. The van der Waals surface area contributed by atoms with Gasteiger partial charge in [0.1, 0.15) is 0 Å². The van der Waals surface area contributed by atoms with Crippen molar-refractivity contribution in [1.82, 2.24) is 20.5 Å². The van der Waals surface area contributed by atoms with Gasteiger partial charge >= 0.3 is 6.18 Å². The van der Waals surface area contributed by atoms with Gasteiger partial charge in [0, 0.05) is 38.9 Å². The molecule has 1 fully saturated rings. The quantitative estimate of drug-likeness (QED) is 0.288. The number of benzene rings is 1. The highest BCUT2D eigenvalue weighted by atomic mass is 127. The molecule has 1 saturated heterocycles. The number of aromatic nitrogens is 1. The minimum absolute atomic E-state index is 0. The molecule has 0 aliphatic carbocycles. The number of ether oxygens (including phenoxy) is 1. The van der Waals surface area contributed by atoms with Gasteiger partial charge in [0.15, 0.2) is 12.6 Å². The Bertz CT molecular complexity index is 838. The molecule has 0 amide bonds. The molecule has 0 bridgehead atoms. The highest BCUT2D eigenvalue weighted by molar-refractivity contribution is 14.0. The summed E-state index contributed by atoms with van der Waals surface area (Å²) in [6, 6.07) is 11.7. The molecule has 176 valence electrons. The first-order chi connectivity index (χ1) is 14.9. The first-order valence-corrected chi connectivity index (χ1v) is 10.3. The van der Waals surface area contributed by atoms with Crippen LogP contribution in [0.5, 0.6) is 5.88 Å². The minimum Gasteiger partial charge on any atom is -0.468 e. The maximum Gasteiger partial charge on any atom is 0.422 e.